The van der Waals surface area contributed by atoms with Crippen LogP contribution in [0.25, 0.3) is 0 Å². The minimum absolute atomic E-state index is 0.0239. The maximum atomic E-state index is 12.2. The number of esters is 1. The van der Waals surface area contributed by atoms with Crippen molar-refractivity contribution in [3.05, 3.63) is 65.7 Å². The van der Waals surface area contributed by atoms with Gasteiger partial charge in [0, 0.05) is 0 Å². The molecule has 1 N–H and O–H groups in total. The van der Waals surface area contributed by atoms with Crippen molar-refractivity contribution in [2.45, 2.75) is 38.3 Å². The lowest BCUT2D eigenvalue weighted by atomic mass is 9.88. The predicted octanol–water partition coefficient (Wildman–Crippen LogP) is 3.19. The van der Waals surface area contributed by atoms with Gasteiger partial charge in [-0.3, -0.25) is 4.79 Å². The van der Waals surface area contributed by atoms with Crippen LogP contribution in [0.4, 0.5) is 0 Å². The number of amides is 1. The minimum Gasteiger partial charge on any atom is -0.479 e. The Balaban J connectivity index is 1.48. The molecule has 0 heterocycles. The average molecular weight is 353 g/mol. The van der Waals surface area contributed by atoms with E-state index in [1.165, 1.54) is 5.56 Å². The summed E-state index contributed by atoms with van der Waals surface area (Å²) in [6, 6.07) is 17.1. The number of carbonyl (C=O) groups excluding carboxylic acids is 2. The van der Waals surface area contributed by atoms with E-state index in [2.05, 4.69) is 11.4 Å². The van der Waals surface area contributed by atoms with Crippen molar-refractivity contribution in [3.63, 3.8) is 0 Å². The van der Waals surface area contributed by atoms with Crippen LogP contribution in [0.15, 0.2) is 54.6 Å². The Morgan fingerprint density at radius 3 is 2.65 bits per heavy atom. The molecule has 1 aliphatic rings. The van der Waals surface area contributed by atoms with E-state index < -0.39 is 12.1 Å². The quantitative estimate of drug-likeness (QED) is 0.810. The molecule has 2 atom stereocenters. The van der Waals surface area contributed by atoms with Crippen LogP contribution < -0.4 is 10.1 Å². The fourth-order valence-electron chi connectivity index (χ4n) is 3.15. The summed E-state index contributed by atoms with van der Waals surface area (Å²) >= 11 is 0. The van der Waals surface area contributed by atoms with Gasteiger partial charge < -0.3 is 14.8 Å². The van der Waals surface area contributed by atoms with Gasteiger partial charge in [-0.2, -0.15) is 0 Å². The van der Waals surface area contributed by atoms with E-state index in [4.69, 9.17) is 9.47 Å². The van der Waals surface area contributed by atoms with E-state index in [0.29, 0.717) is 5.75 Å². The number of aryl methyl sites for hydroxylation is 1. The Hall–Kier alpha value is -2.82. The van der Waals surface area contributed by atoms with Gasteiger partial charge in [-0.05, 0) is 49.4 Å². The molecule has 3 rings (SSSR count). The van der Waals surface area contributed by atoms with Gasteiger partial charge in [0.25, 0.3) is 5.91 Å². The maximum Gasteiger partial charge on any atom is 0.347 e. The summed E-state index contributed by atoms with van der Waals surface area (Å²) in [5, 5.41) is 2.96. The standard InChI is InChI=1S/C21H23NO4/c1-15(26-17-10-3-2-4-11-17)21(24)25-14-20(23)22-19-13-7-9-16-8-5-6-12-18(16)19/h2-6,8,10-12,15,19H,7,9,13-14H2,1H3,(H,22,23)/t15-,19-/m0/s1. The number of nitrogens with one attached hydrogen (secondary N) is 1. The number of para-hydroxylation sites is 1. The van der Waals surface area contributed by atoms with Gasteiger partial charge in [0.15, 0.2) is 12.7 Å². The second-order valence-corrected chi connectivity index (χ2v) is 6.39. The zero-order valence-electron chi connectivity index (χ0n) is 14.8. The van der Waals surface area contributed by atoms with Crippen LogP contribution in [-0.4, -0.2) is 24.6 Å². The highest BCUT2D eigenvalue weighted by molar-refractivity contribution is 5.82. The second-order valence-electron chi connectivity index (χ2n) is 6.39. The van der Waals surface area contributed by atoms with Crippen molar-refractivity contribution in [1.82, 2.24) is 5.32 Å². The highest BCUT2D eigenvalue weighted by Gasteiger charge is 2.23. The molecule has 0 fully saturated rings. The zero-order valence-corrected chi connectivity index (χ0v) is 14.8. The Morgan fingerprint density at radius 2 is 1.85 bits per heavy atom. The lowest BCUT2D eigenvalue weighted by molar-refractivity contribution is -0.154. The molecule has 5 heteroatoms. The van der Waals surface area contributed by atoms with Crippen molar-refractivity contribution in [2.75, 3.05) is 6.61 Å². The van der Waals surface area contributed by atoms with Crippen LogP contribution in [0, 0.1) is 0 Å². The minimum atomic E-state index is -0.777. The molecular formula is C21H23NO4. The van der Waals surface area contributed by atoms with Crippen LogP contribution in [0.3, 0.4) is 0 Å². The molecule has 5 nitrogen and oxygen atoms in total. The third kappa shape index (κ3) is 4.63. The van der Waals surface area contributed by atoms with Crippen LogP contribution in [0.5, 0.6) is 5.75 Å². The highest BCUT2D eigenvalue weighted by Crippen LogP contribution is 2.29. The summed E-state index contributed by atoms with van der Waals surface area (Å²) in [7, 11) is 0. The summed E-state index contributed by atoms with van der Waals surface area (Å²) in [6.45, 7) is 1.30. The van der Waals surface area contributed by atoms with Crippen LogP contribution in [0.2, 0.25) is 0 Å². The summed E-state index contributed by atoms with van der Waals surface area (Å²) in [6.07, 6.45) is 2.18. The molecule has 0 saturated heterocycles. The molecule has 0 bridgehead atoms. The third-order valence-corrected chi connectivity index (χ3v) is 4.44. The van der Waals surface area contributed by atoms with E-state index in [0.717, 1.165) is 24.8 Å². The van der Waals surface area contributed by atoms with E-state index in [1.54, 1.807) is 19.1 Å². The van der Waals surface area contributed by atoms with E-state index in [1.807, 2.05) is 36.4 Å². The van der Waals surface area contributed by atoms with Crippen molar-refractivity contribution >= 4 is 11.9 Å². The maximum absolute atomic E-state index is 12.2. The SMILES string of the molecule is C[C@H](Oc1ccccc1)C(=O)OCC(=O)N[C@H]1CCCc2ccccc21. The normalized spacial score (nSPS) is 16.9. The topological polar surface area (TPSA) is 64.6 Å². The van der Waals surface area contributed by atoms with Crippen LogP contribution >= 0.6 is 0 Å². The second kappa shape index (κ2) is 8.52. The molecular weight excluding hydrogens is 330 g/mol. The summed E-state index contributed by atoms with van der Waals surface area (Å²) in [4.78, 5) is 24.2. The van der Waals surface area contributed by atoms with Gasteiger partial charge in [0.05, 0.1) is 6.04 Å². The number of hydrogen-bond donors (Lipinski definition) is 1. The summed E-state index contributed by atoms with van der Waals surface area (Å²) < 4.78 is 10.6. The van der Waals surface area contributed by atoms with Gasteiger partial charge in [-0.25, -0.2) is 4.79 Å². The van der Waals surface area contributed by atoms with Crippen molar-refractivity contribution in [1.29, 1.82) is 0 Å². The van der Waals surface area contributed by atoms with Gasteiger partial charge in [0.2, 0.25) is 0 Å². The van der Waals surface area contributed by atoms with Crippen molar-refractivity contribution < 1.29 is 19.1 Å². The highest BCUT2D eigenvalue weighted by atomic mass is 16.6. The van der Waals surface area contributed by atoms with Gasteiger partial charge in [-0.15, -0.1) is 0 Å². The lowest BCUT2D eigenvalue weighted by Crippen LogP contribution is -2.36. The monoisotopic (exact) mass is 353 g/mol. The molecule has 136 valence electrons. The van der Waals surface area contributed by atoms with E-state index >= 15 is 0 Å². The van der Waals surface area contributed by atoms with Gasteiger partial charge in [0.1, 0.15) is 5.75 Å². The molecule has 0 aliphatic heterocycles. The number of fused-ring (bicyclic) bond motifs is 1. The first-order valence-electron chi connectivity index (χ1n) is 8.89. The number of rotatable bonds is 6. The molecule has 1 aliphatic carbocycles. The number of hydrogen-bond acceptors (Lipinski definition) is 4. The lowest BCUT2D eigenvalue weighted by Gasteiger charge is -2.26. The summed E-state index contributed by atoms with van der Waals surface area (Å²) in [5.74, 6) is -0.278. The predicted molar refractivity (Wildman–Crippen MR) is 97.8 cm³/mol. The Labute approximate surface area is 153 Å². The Morgan fingerprint density at radius 1 is 1.12 bits per heavy atom. The van der Waals surface area contributed by atoms with Crippen molar-refractivity contribution in [3.8, 4) is 5.75 Å². The Kier molecular flexibility index (Phi) is 5.89. The molecule has 0 aromatic heterocycles. The Bertz CT molecular complexity index is 760. The first-order chi connectivity index (χ1) is 12.6. The average Bonchev–Trinajstić information content (AvgIpc) is 2.67. The van der Waals surface area contributed by atoms with Gasteiger partial charge >= 0.3 is 5.97 Å². The molecule has 1 amide bonds. The third-order valence-electron chi connectivity index (χ3n) is 4.44. The number of ether oxygens (including phenoxy) is 2. The first-order valence-corrected chi connectivity index (χ1v) is 8.89. The van der Waals surface area contributed by atoms with Crippen LogP contribution in [-0.2, 0) is 20.7 Å². The van der Waals surface area contributed by atoms with E-state index in [-0.39, 0.29) is 18.6 Å². The molecule has 0 radical (unpaired) electrons. The molecule has 26 heavy (non-hydrogen) atoms. The fourth-order valence-corrected chi connectivity index (χ4v) is 3.15. The van der Waals surface area contributed by atoms with Gasteiger partial charge in [-0.1, -0.05) is 42.5 Å². The number of benzene rings is 2. The zero-order chi connectivity index (χ0) is 18.4. The molecule has 0 saturated carbocycles. The molecule has 0 unspecified atom stereocenters. The largest absolute Gasteiger partial charge is 0.479 e. The fraction of sp³-hybridized carbons (Fsp3) is 0.333. The molecule has 2 aromatic carbocycles. The van der Waals surface area contributed by atoms with E-state index in [9.17, 15) is 9.59 Å². The first kappa shape index (κ1) is 18.0. The molecule has 0 spiro atoms. The van der Waals surface area contributed by atoms with Crippen LogP contribution in [0.1, 0.15) is 36.9 Å². The summed E-state index contributed by atoms with van der Waals surface area (Å²) in [5.41, 5.74) is 2.42. The van der Waals surface area contributed by atoms with Crippen molar-refractivity contribution in [2.24, 2.45) is 0 Å². The smallest absolute Gasteiger partial charge is 0.347 e. The number of carbonyl (C=O) groups is 2. The molecule has 2 aromatic rings.